The number of benzene rings is 1. The van der Waals surface area contributed by atoms with Crippen LogP contribution >= 0.6 is 21.6 Å². The summed E-state index contributed by atoms with van der Waals surface area (Å²) in [6, 6.07) is 3.50. The first kappa shape index (κ1) is 32.7. The Hall–Kier alpha value is -3.21. The minimum Gasteiger partial charge on any atom is -0.504 e. The van der Waals surface area contributed by atoms with E-state index >= 15 is 0 Å². The van der Waals surface area contributed by atoms with Gasteiger partial charge in [-0.3, -0.25) is 9.59 Å². The number of hydrogen-bond acceptors (Lipinski definition) is 9. The Morgan fingerprint density at radius 3 is 2.72 bits per heavy atom. The van der Waals surface area contributed by atoms with Crippen molar-refractivity contribution in [3.05, 3.63) is 83.6 Å². The molecule has 0 amide bonds. The van der Waals surface area contributed by atoms with Gasteiger partial charge in [0, 0.05) is 36.2 Å². The Kier molecular flexibility index (Phi) is 10.2. The number of phenols is 1. The van der Waals surface area contributed by atoms with Crippen LogP contribution < -0.4 is 15.8 Å². The molecule has 2 aromatic rings. The summed E-state index contributed by atoms with van der Waals surface area (Å²) in [5.41, 5.74) is 10.5. The van der Waals surface area contributed by atoms with Crippen LogP contribution in [0.5, 0.6) is 11.5 Å². The molecule has 0 saturated heterocycles. The number of carbonyl (C=O) groups excluding carboxylic acids is 2. The molecule has 0 spiro atoms. The monoisotopic (exact) mass is 660 g/mol. The third-order valence-corrected chi connectivity index (χ3v) is 13.4. The number of allylic oxidation sites excluding steroid dienone is 4. The number of methoxy groups -OCH3 is 1. The summed E-state index contributed by atoms with van der Waals surface area (Å²) in [5, 5.41) is 14.7. The summed E-state index contributed by atoms with van der Waals surface area (Å²) in [6.45, 7) is 2.19. The quantitative estimate of drug-likeness (QED) is 0.185. The number of nitrogens with one attached hydrogen (secondary N) is 1. The second kappa shape index (κ2) is 14.3. The van der Waals surface area contributed by atoms with Crippen molar-refractivity contribution in [1.29, 1.82) is 0 Å². The Bertz CT molecular complexity index is 1560. The smallest absolute Gasteiger partial charge is 0.163 e. The normalized spacial score (nSPS) is 28.4. The number of nitrogens with two attached hydrogens (primary N) is 1. The number of imidazole rings is 1. The summed E-state index contributed by atoms with van der Waals surface area (Å²) in [4.78, 5) is 30.3. The van der Waals surface area contributed by atoms with Gasteiger partial charge in [-0.1, -0.05) is 78.5 Å². The third-order valence-electron chi connectivity index (χ3n) is 10.1. The molecule has 1 aromatic carbocycles. The third kappa shape index (κ3) is 6.62. The first-order valence-corrected chi connectivity index (χ1v) is 18.7. The van der Waals surface area contributed by atoms with Gasteiger partial charge in [-0.05, 0) is 65.7 Å². The van der Waals surface area contributed by atoms with Gasteiger partial charge in [0.25, 0.3) is 0 Å². The predicted molar refractivity (Wildman–Crippen MR) is 187 cm³/mol. The molecule has 2 aliphatic carbocycles. The van der Waals surface area contributed by atoms with E-state index in [2.05, 4.69) is 46.2 Å². The van der Waals surface area contributed by atoms with E-state index in [9.17, 15) is 14.7 Å². The number of carbonyl (C=O) groups is 2. The van der Waals surface area contributed by atoms with Gasteiger partial charge < -0.3 is 25.5 Å². The molecule has 46 heavy (non-hydrogen) atoms. The number of nitrogens with zero attached hydrogens (tertiary/aromatic N) is 2. The minimum atomic E-state index is -0.363. The maximum Gasteiger partial charge on any atom is 0.163 e. The van der Waals surface area contributed by atoms with Crippen LogP contribution in [0.2, 0.25) is 0 Å². The van der Waals surface area contributed by atoms with E-state index in [4.69, 9.17) is 10.5 Å². The molecule has 10 heteroatoms. The zero-order chi connectivity index (χ0) is 32.3. The molecule has 6 rings (SSSR count). The summed E-state index contributed by atoms with van der Waals surface area (Å²) in [5.74, 6) is 0.0807. The molecular weight excluding hydrogens is 617 g/mol. The van der Waals surface area contributed by atoms with E-state index in [1.54, 1.807) is 18.2 Å². The number of phenolic OH excluding ortho intramolecular Hbond substituents is 1. The van der Waals surface area contributed by atoms with Crippen LogP contribution in [0.1, 0.15) is 81.8 Å². The summed E-state index contributed by atoms with van der Waals surface area (Å²) >= 11 is 0. The zero-order valence-corrected chi connectivity index (χ0v) is 28.2. The largest absolute Gasteiger partial charge is 0.504 e. The SMILES string of the molecule is CCC1CCC(=O)CC(=O)C=Cc2cc(OC)c(O)cc2C2C=CC1SSC(C1(n3ccnc3)CCCCC1)C1=CC2=CNC1N. The Morgan fingerprint density at radius 2 is 1.98 bits per heavy atom. The Morgan fingerprint density at radius 1 is 1.15 bits per heavy atom. The first-order chi connectivity index (χ1) is 22.3. The van der Waals surface area contributed by atoms with Crippen LogP contribution in [-0.4, -0.2) is 50.0 Å². The van der Waals surface area contributed by atoms with Crippen LogP contribution in [-0.2, 0) is 15.1 Å². The van der Waals surface area contributed by atoms with Gasteiger partial charge in [0.2, 0.25) is 0 Å². The van der Waals surface area contributed by atoms with Crippen LogP contribution in [0.4, 0.5) is 0 Å². The van der Waals surface area contributed by atoms with Gasteiger partial charge in [0.15, 0.2) is 17.3 Å². The van der Waals surface area contributed by atoms with E-state index < -0.39 is 0 Å². The average Bonchev–Trinajstić information content (AvgIpc) is 3.61. The number of fused-ring (bicyclic) bond motifs is 6. The molecule has 8 nitrogen and oxygen atoms in total. The molecule has 5 unspecified atom stereocenters. The van der Waals surface area contributed by atoms with E-state index in [0.717, 1.165) is 60.8 Å². The maximum atomic E-state index is 13.0. The van der Waals surface area contributed by atoms with Crippen LogP contribution in [0.3, 0.4) is 0 Å². The fourth-order valence-electron chi connectivity index (χ4n) is 7.47. The predicted octanol–water partition coefficient (Wildman–Crippen LogP) is 6.79. The number of Topliss-reactive ketones (excluding diaryl/α,β-unsaturated/α-hetero) is 1. The van der Waals surface area contributed by atoms with Crippen LogP contribution in [0, 0.1) is 5.92 Å². The molecule has 3 heterocycles. The molecule has 0 radical (unpaired) electrons. The highest BCUT2D eigenvalue weighted by Crippen LogP contribution is 2.53. The molecule has 4 bridgehead atoms. The molecule has 2 aliphatic heterocycles. The minimum absolute atomic E-state index is 0.0279. The lowest BCUT2D eigenvalue weighted by Gasteiger charge is -2.47. The number of hydrogen-bond donors (Lipinski definition) is 3. The van der Waals surface area contributed by atoms with Crippen molar-refractivity contribution in [3.8, 4) is 11.5 Å². The van der Waals surface area contributed by atoms with Gasteiger partial charge in [-0.2, -0.15) is 0 Å². The van der Waals surface area contributed by atoms with Crippen molar-refractivity contribution in [2.24, 2.45) is 11.7 Å². The van der Waals surface area contributed by atoms with Crippen molar-refractivity contribution in [1.82, 2.24) is 14.9 Å². The number of ketones is 2. The average molecular weight is 661 g/mol. The number of aromatic nitrogens is 2. The highest BCUT2D eigenvalue weighted by Gasteiger charge is 2.46. The summed E-state index contributed by atoms with van der Waals surface area (Å²) < 4.78 is 7.79. The molecule has 244 valence electrons. The second-order valence-electron chi connectivity index (χ2n) is 12.8. The number of rotatable bonds is 4. The van der Waals surface area contributed by atoms with Gasteiger partial charge in [0.1, 0.15) is 5.78 Å². The molecule has 4 N–H and O–H groups in total. The van der Waals surface area contributed by atoms with E-state index in [-0.39, 0.29) is 57.8 Å². The Labute approximate surface area is 279 Å². The number of ether oxygens (including phenoxy) is 1. The molecule has 1 aromatic heterocycles. The van der Waals surface area contributed by atoms with Gasteiger partial charge >= 0.3 is 0 Å². The number of dihydropyridines is 1. The van der Waals surface area contributed by atoms with E-state index in [1.165, 1.54) is 19.6 Å². The lowest BCUT2D eigenvalue weighted by molar-refractivity contribution is -0.124. The standard InChI is InChI=1S/C36H44N4O4S2/c1-3-23-7-9-26(41)19-27(42)10-8-24-18-32(44-2)31(43)20-29(24)28-11-12-33(23)45-46-34(30-17-25(28)21-39-35(30)37)36(13-5-4-6-14-36)40-16-15-38-22-40/h8,10-12,15-18,20-23,28,33-35,39,43H,3-7,9,13-14,19,37H2,1-2H3. The lowest BCUT2D eigenvalue weighted by Crippen LogP contribution is -2.51. The molecule has 5 atom stereocenters. The summed E-state index contributed by atoms with van der Waals surface area (Å²) in [6.07, 6.45) is 25.1. The van der Waals surface area contributed by atoms with Crippen molar-refractivity contribution in [2.45, 2.75) is 92.8 Å². The first-order valence-electron chi connectivity index (χ1n) is 16.4. The highest BCUT2D eigenvalue weighted by molar-refractivity contribution is 8.77. The molecule has 1 saturated carbocycles. The van der Waals surface area contributed by atoms with Crippen LogP contribution in [0.25, 0.3) is 6.08 Å². The fraction of sp³-hybridized carbons (Fsp3) is 0.472. The molecule has 4 aliphatic rings. The van der Waals surface area contributed by atoms with E-state index in [1.807, 2.05) is 40.3 Å². The van der Waals surface area contributed by atoms with Gasteiger partial charge in [-0.25, -0.2) is 4.98 Å². The lowest BCUT2D eigenvalue weighted by atomic mass is 9.75. The zero-order valence-electron chi connectivity index (χ0n) is 26.6. The molecular formula is C36H44N4O4S2. The van der Waals surface area contributed by atoms with Gasteiger partial charge in [0.05, 0.1) is 36.8 Å². The van der Waals surface area contributed by atoms with Crippen molar-refractivity contribution < 1.29 is 19.4 Å². The number of aromatic hydroxyl groups is 1. The van der Waals surface area contributed by atoms with Gasteiger partial charge in [-0.15, -0.1) is 0 Å². The highest BCUT2D eigenvalue weighted by atomic mass is 33.1. The van der Waals surface area contributed by atoms with Crippen molar-refractivity contribution >= 4 is 39.2 Å². The maximum absolute atomic E-state index is 13.0. The van der Waals surface area contributed by atoms with Crippen molar-refractivity contribution in [3.63, 3.8) is 0 Å². The Balaban J connectivity index is 1.56. The topological polar surface area (TPSA) is 119 Å². The van der Waals surface area contributed by atoms with E-state index in [0.29, 0.717) is 12.2 Å². The summed E-state index contributed by atoms with van der Waals surface area (Å²) in [7, 11) is 5.29. The van der Waals surface area contributed by atoms with Crippen molar-refractivity contribution in [2.75, 3.05) is 7.11 Å². The fourth-order valence-corrected chi connectivity index (χ4v) is 11.5. The van der Waals surface area contributed by atoms with Crippen LogP contribution in [0.15, 0.2) is 72.5 Å². The molecule has 1 fully saturated rings. The second-order valence-corrected chi connectivity index (χ2v) is 15.4.